The Bertz CT molecular complexity index is 797. The number of imidazole rings is 1. The second-order valence-corrected chi connectivity index (χ2v) is 5.32. The number of aromatic nitrogens is 2. The quantitative estimate of drug-likeness (QED) is 0.774. The van der Waals surface area contributed by atoms with Crippen LogP contribution in [-0.4, -0.2) is 15.9 Å². The molecule has 1 atom stereocenters. The van der Waals surface area contributed by atoms with Gasteiger partial charge in [-0.25, -0.2) is 4.98 Å². The molecule has 3 rings (SSSR count). The summed E-state index contributed by atoms with van der Waals surface area (Å²) in [6.45, 7) is 1.93. The number of carbonyl (C=O) groups is 1. The fourth-order valence-corrected chi connectivity index (χ4v) is 2.41. The van der Waals surface area contributed by atoms with Gasteiger partial charge in [0, 0.05) is 10.6 Å². The van der Waals surface area contributed by atoms with Crippen molar-refractivity contribution in [2.45, 2.75) is 13.0 Å². The first-order valence-corrected chi connectivity index (χ1v) is 7.01. The van der Waals surface area contributed by atoms with Gasteiger partial charge in [0.2, 0.25) is 0 Å². The summed E-state index contributed by atoms with van der Waals surface area (Å²) in [6.07, 6.45) is 1.61. The summed E-state index contributed by atoms with van der Waals surface area (Å²) in [5, 5.41) is 3.62. The number of nitrogens with one attached hydrogen (secondary N) is 2. The monoisotopic (exact) mass is 299 g/mol. The van der Waals surface area contributed by atoms with Gasteiger partial charge in [0.05, 0.1) is 23.4 Å². The number of benzene rings is 2. The molecule has 2 N–H and O–H groups in total. The lowest BCUT2D eigenvalue weighted by Crippen LogP contribution is -2.26. The predicted molar refractivity (Wildman–Crippen MR) is 83.4 cm³/mol. The lowest BCUT2D eigenvalue weighted by molar-refractivity contribution is 0.0940. The number of amides is 1. The minimum absolute atomic E-state index is 0.117. The third-order valence-electron chi connectivity index (χ3n) is 3.38. The van der Waals surface area contributed by atoms with Crippen LogP contribution < -0.4 is 5.32 Å². The molecule has 0 saturated heterocycles. The van der Waals surface area contributed by atoms with Gasteiger partial charge in [-0.3, -0.25) is 4.79 Å². The standard InChI is InChI=1S/C16H14ClN3O/c1-10(11-3-2-4-13(17)7-11)20-16(21)12-5-6-14-15(8-12)19-9-18-14/h2-10H,1H3,(H,18,19)(H,20,21). The first-order chi connectivity index (χ1) is 10.1. The van der Waals surface area contributed by atoms with Crippen molar-refractivity contribution in [3.8, 4) is 0 Å². The van der Waals surface area contributed by atoms with Gasteiger partial charge in [0.15, 0.2) is 0 Å². The van der Waals surface area contributed by atoms with Gasteiger partial charge in [0.1, 0.15) is 0 Å². The number of fused-ring (bicyclic) bond motifs is 1. The summed E-state index contributed by atoms with van der Waals surface area (Å²) in [5.41, 5.74) is 3.26. The van der Waals surface area contributed by atoms with Crippen LogP contribution >= 0.6 is 11.6 Å². The molecule has 1 heterocycles. The van der Waals surface area contributed by atoms with E-state index in [0.29, 0.717) is 10.6 Å². The molecule has 1 aromatic heterocycles. The molecule has 2 aromatic carbocycles. The molecule has 5 heteroatoms. The third-order valence-corrected chi connectivity index (χ3v) is 3.61. The second-order valence-electron chi connectivity index (χ2n) is 4.88. The number of nitrogens with zero attached hydrogens (tertiary/aromatic N) is 1. The smallest absolute Gasteiger partial charge is 0.251 e. The Morgan fingerprint density at radius 1 is 1.29 bits per heavy atom. The Morgan fingerprint density at radius 2 is 2.14 bits per heavy atom. The molecule has 0 fully saturated rings. The molecule has 0 aliphatic heterocycles. The van der Waals surface area contributed by atoms with E-state index < -0.39 is 0 Å². The molecule has 0 bridgehead atoms. The van der Waals surface area contributed by atoms with E-state index in [0.717, 1.165) is 16.6 Å². The van der Waals surface area contributed by atoms with Crippen LogP contribution in [0.4, 0.5) is 0 Å². The van der Waals surface area contributed by atoms with Gasteiger partial charge in [-0.1, -0.05) is 23.7 Å². The lowest BCUT2D eigenvalue weighted by Gasteiger charge is -2.14. The minimum atomic E-state index is -0.126. The highest BCUT2D eigenvalue weighted by atomic mass is 35.5. The van der Waals surface area contributed by atoms with Crippen LogP contribution in [0.2, 0.25) is 5.02 Å². The van der Waals surface area contributed by atoms with Crippen molar-refractivity contribution in [2.75, 3.05) is 0 Å². The molecule has 0 radical (unpaired) electrons. The summed E-state index contributed by atoms with van der Waals surface area (Å²) in [5.74, 6) is -0.126. The zero-order valence-corrected chi connectivity index (χ0v) is 12.2. The SMILES string of the molecule is CC(NC(=O)c1ccc2nc[nH]c2c1)c1cccc(Cl)c1. The summed E-state index contributed by atoms with van der Waals surface area (Å²) in [6, 6.07) is 12.7. The van der Waals surface area contributed by atoms with E-state index in [2.05, 4.69) is 15.3 Å². The van der Waals surface area contributed by atoms with E-state index in [1.54, 1.807) is 18.5 Å². The fourth-order valence-electron chi connectivity index (χ4n) is 2.22. The molecule has 1 unspecified atom stereocenters. The van der Waals surface area contributed by atoms with E-state index in [4.69, 9.17) is 11.6 Å². The molecule has 3 aromatic rings. The van der Waals surface area contributed by atoms with Crippen LogP contribution in [0.1, 0.15) is 28.9 Å². The predicted octanol–water partition coefficient (Wildman–Crippen LogP) is 3.71. The number of halogens is 1. The van der Waals surface area contributed by atoms with Gasteiger partial charge in [-0.2, -0.15) is 0 Å². The van der Waals surface area contributed by atoms with Gasteiger partial charge in [0.25, 0.3) is 5.91 Å². The van der Waals surface area contributed by atoms with Gasteiger partial charge < -0.3 is 10.3 Å². The maximum Gasteiger partial charge on any atom is 0.251 e. The first kappa shape index (κ1) is 13.6. The third kappa shape index (κ3) is 2.90. The Balaban J connectivity index is 1.79. The molecular formula is C16H14ClN3O. The highest BCUT2D eigenvalue weighted by Gasteiger charge is 2.12. The first-order valence-electron chi connectivity index (χ1n) is 6.63. The minimum Gasteiger partial charge on any atom is -0.346 e. The summed E-state index contributed by atoms with van der Waals surface area (Å²) in [4.78, 5) is 19.4. The zero-order chi connectivity index (χ0) is 14.8. The Hall–Kier alpha value is -2.33. The second kappa shape index (κ2) is 5.58. The highest BCUT2D eigenvalue weighted by Crippen LogP contribution is 2.18. The summed E-state index contributed by atoms with van der Waals surface area (Å²) >= 11 is 5.97. The molecule has 0 aliphatic carbocycles. The van der Waals surface area contributed by atoms with Crippen LogP contribution in [0.25, 0.3) is 11.0 Å². The largest absolute Gasteiger partial charge is 0.346 e. The molecule has 0 spiro atoms. The van der Waals surface area contributed by atoms with E-state index in [1.165, 1.54) is 0 Å². The Labute approximate surface area is 127 Å². The van der Waals surface area contributed by atoms with E-state index in [1.807, 2.05) is 37.3 Å². The fraction of sp³-hybridized carbons (Fsp3) is 0.125. The zero-order valence-electron chi connectivity index (χ0n) is 11.4. The average Bonchev–Trinajstić information content (AvgIpc) is 2.94. The van der Waals surface area contributed by atoms with Gasteiger partial charge in [-0.15, -0.1) is 0 Å². The Morgan fingerprint density at radius 3 is 2.95 bits per heavy atom. The van der Waals surface area contributed by atoms with Crippen molar-refractivity contribution in [1.29, 1.82) is 0 Å². The molecular weight excluding hydrogens is 286 g/mol. The summed E-state index contributed by atoms with van der Waals surface area (Å²) < 4.78 is 0. The molecule has 21 heavy (non-hydrogen) atoms. The normalized spacial score (nSPS) is 12.3. The molecule has 0 saturated carbocycles. The van der Waals surface area contributed by atoms with Gasteiger partial charge >= 0.3 is 0 Å². The molecule has 0 aliphatic rings. The van der Waals surface area contributed by atoms with Crippen molar-refractivity contribution in [2.24, 2.45) is 0 Å². The van der Waals surface area contributed by atoms with Crippen LogP contribution in [0.15, 0.2) is 48.8 Å². The summed E-state index contributed by atoms with van der Waals surface area (Å²) in [7, 11) is 0. The number of aromatic amines is 1. The molecule has 1 amide bonds. The van der Waals surface area contributed by atoms with Crippen molar-refractivity contribution in [3.63, 3.8) is 0 Å². The van der Waals surface area contributed by atoms with Crippen molar-refractivity contribution >= 4 is 28.5 Å². The lowest BCUT2D eigenvalue weighted by atomic mass is 10.1. The van der Waals surface area contributed by atoms with E-state index >= 15 is 0 Å². The molecule has 4 nitrogen and oxygen atoms in total. The number of H-pyrrole nitrogens is 1. The maximum atomic E-state index is 12.3. The van der Waals surface area contributed by atoms with Gasteiger partial charge in [-0.05, 0) is 42.8 Å². The molecule has 106 valence electrons. The van der Waals surface area contributed by atoms with Crippen LogP contribution in [-0.2, 0) is 0 Å². The van der Waals surface area contributed by atoms with Crippen LogP contribution in [0.3, 0.4) is 0 Å². The Kier molecular flexibility index (Phi) is 3.62. The number of hydrogen-bond acceptors (Lipinski definition) is 2. The van der Waals surface area contributed by atoms with Crippen molar-refractivity contribution < 1.29 is 4.79 Å². The number of hydrogen-bond donors (Lipinski definition) is 2. The van der Waals surface area contributed by atoms with Crippen LogP contribution in [0.5, 0.6) is 0 Å². The maximum absolute atomic E-state index is 12.3. The highest BCUT2D eigenvalue weighted by molar-refractivity contribution is 6.30. The number of carbonyl (C=O) groups excluding carboxylic acids is 1. The number of rotatable bonds is 3. The van der Waals surface area contributed by atoms with Crippen LogP contribution in [0, 0.1) is 0 Å². The van der Waals surface area contributed by atoms with Crippen molar-refractivity contribution in [1.82, 2.24) is 15.3 Å². The van der Waals surface area contributed by atoms with Crippen molar-refractivity contribution in [3.05, 3.63) is 64.9 Å². The average molecular weight is 300 g/mol. The topological polar surface area (TPSA) is 57.8 Å². The van der Waals surface area contributed by atoms with E-state index in [9.17, 15) is 4.79 Å². The van der Waals surface area contributed by atoms with E-state index in [-0.39, 0.29) is 11.9 Å².